The van der Waals surface area contributed by atoms with Crippen LogP contribution in [0.4, 0.5) is 23.2 Å². The molecule has 110 valence electrons. The maximum Gasteiger partial charge on any atom is 0.253 e. The van der Waals surface area contributed by atoms with Crippen LogP contribution in [0.15, 0.2) is 0 Å². The number of carbonyl (C=O) groups is 1. The van der Waals surface area contributed by atoms with Crippen LogP contribution in [-0.2, 0) is 4.79 Å². The molecule has 0 bridgehead atoms. The van der Waals surface area contributed by atoms with E-state index in [0.29, 0.717) is 13.1 Å². The average molecular weight is 291 g/mol. The molecule has 0 spiro atoms. The molecule has 0 aromatic carbocycles. The summed E-state index contributed by atoms with van der Waals surface area (Å²) >= 11 is 0. The van der Waals surface area contributed by atoms with Crippen molar-refractivity contribution in [1.82, 2.24) is 9.88 Å². The van der Waals surface area contributed by atoms with Gasteiger partial charge in [-0.3, -0.25) is 4.79 Å². The van der Waals surface area contributed by atoms with Crippen molar-refractivity contribution in [2.75, 3.05) is 18.4 Å². The third-order valence-electron chi connectivity index (χ3n) is 3.15. The van der Waals surface area contributed by atoms with Crippen LogP contribution in [0.25, 0.3) is 0 Å². The zero-order chi connectivity index (χ0) is 14.9. The van der Waals surface area contributed by atoms with Gasteiger partial charge in [0.25, 0.3) is 11.9 Å². The minimum atomic E-state index is -1.76. The quantitative estimate of drug-likeness (QED) is 0.685. The largest absolute Gasteiger partial charge is 0.369 e. The molecule has 2 heterocycles. The monoisotopic (exact) mass is 291 g/mol. The van der Waals surface area contributed by atoms with Gasteiger partial charge >= 0.3 is 0 Å². The number of aromatic nitrogens is 1. The van der Waals surface area contributed by atoms with E-state index in [0.717, 1.165) is 12.8 Å². The van der Waals surface area contributed by atoms with Gasteiger partial charge in [-0.1, -0.05) is 0 Å². The summed E-state index contributed by atoms with van der Waals surface area (Å²) in [7, 11) is 0. The summed E-state index contributed by atoms with van der Waals surface area (Å²) in [5, 5.41) is 2.18. The van der Waals surface area contributed by atoms with E-state index in [2.05, 4.69) is 10.3 Å². The molecule has 1 amide bonds. The van der Waals surface area contributed by atoms with E-state index >= 15 is 0 Å². The summed E-state index contributed by atoms with van der Waals surface area (Å²) in [6, 6.07) is -1.00. The summed E-state index contributed by atoms with van der Waals surface area (Å²) in [5.74, 6) is -7.19. The lowest BCUT2D eigenvalue weighted by atomic mass is 10.2. The zero-order valence-electron chi connectivity index (χ0n) is 10.7. The lowest BCUT2D eigenvalue weighted by Crippen LogP contribution is -2.40. The fraction of sp³-hybridized carbons (Fsp3) is 0.500. The van der Waals surface area contributed by atoms with Gasteiger partial charge in [-0.05, 0) is 19.8 Å². The number of rotatable bonds is 3. The van der Waals surface area contributed by atoms with Crippen molar-refractivity contribution in [3.63, 3.8) is 0 Å². The van der Waals surface area contributed by atoms with Gasteiger partial charge in [-0.25, -0.2) is 0 Å². The molecular weight excluding hydrogens is 278 g/mol. The van der Waals surface area contributed by atoms with Gasteiger partial charge in [0.15, 0.2) is 0 Å². The van der Waals surface area contributed by atoms with Crippen LogP contribution in [0.3, 0.4) is 0 Å². The number of anilines is 1. The van der Waals surface area contributed by atoms with E-state index in [1.54, 1.807) is 0 Å². The molecule has 1 aromatic rings. The van der Waals surface area contributed by atoms with E-state index < -0.39 is 35.3 Å². The molecule has 0 radical (unpaired) electrons. The number of likely N-dealkylation sites (tertiary alicyclic amines) is 1. The number of hydrogen-bond acceptors (Lipinski definition) is 3. The summed E-state index contributed by atoms with van der Waals surface area (Å²) in [4.78, 5) is 15.9. The van der Waals surface area contributed by atoms with Crippen molar-refractivity contribution in [3.05, 3.63) is 23.5 Å². The molecule has 1 N–H and O–H groups in total. The number of nitrogens with zero attached hydrogens (tertiary/aromatic N) is 2. The highest BCUT2D eigenvalue weighted by atomic mass is 19.2. The van der Waals surface area contributed by atoms with Crippen molar-refractivity contribution in [1.29, 1.82) is 0 Å². The third-order valence-corrected chi connectivity index (χ3v) is 3.15. The lowest BCUT2D eigenvalue weighted by molar-refractivity contribution is -0.130. The number of carbonyl (C=O) groups excluding carboxylic acids is 1. The van der Waals surface area contributed by atoms with Crippen molar-refractivity contribution in [2.45, 2.75) is 25.8 Å². The Balaban J connectivity index is 2.19. The van der Waals surface area contributed by atoms with Gasteiger partial charge < -0.3 is 10.2 Å². The second kappa shape index (κ2) is 5.64. The van der Waals surface area contributed by atoms with Gasteiger partial charge in [0.2, 0.25) is 17.5 Å². The normalized spacial score (nSPS) is 16.4. The summed E-state index contributed by atoms with van der Waals surface area (Å²) in [6.07, 6.45) is 1.72. The molecule has 1 aromatic heterocycles. The SMILES string of the molecule is CC(Nc1c(F)c(F)nc(F)c1F)C(=O)N1CCCC1. The highest BCUT2D eigenvalue weighted by molar-refractivity contribution is 5.84. The number of pyridine rings is 1. The first kappa shape index (κ1) is 14.5. The van der Waals surface area contributed by atoms with Crippen molar-refractivity contribution in [2.24, 2.45) is 0 Å². The third kappa shape index (κ3) is 2.68. The Morgan fingerprint density at radius 1 is 1.15 bits per heavy atom. The number of halogens is 4. The molecule has 0 saturated carbocycles. The zero-order valence-corrected chi connectivity index (χ0v) is 10.7. The molecule has 0 aliphatic carbocycles. The Morgan fingerprint density at radius 3 is 2.15 bits per heavy atom. The van der Waals surface area contributed by atoms with Crippen LogP contribution >= 0.6 is 0 Å². The Morgan fingerprint density at radius 2 is 1.65 bits per heavy atom. The fourth-order valence-corrected chi connectivity index (χ4v) is 2.10. The van der Waals surface area contributed by atoms with Crippen molar-refractivity contribution < 1.29 is 22.4 Å². The molecule has 8 heteroatoms. The Bertz CT molecular complexity index is 506. The second-order valence-electron chi connectivity index (χ2n) is 4.59. The molecule has 20 heavy (non-hydrogen) atoms. The van der Waals surface area contributed by atoms with E-state index in [1.165, 1.54) is 11.8 Å². The molecule has 1 saturated heterocycles. The molecule has 1 unspecified atom stereocenters. The van der Waals surface area contributed by atoms with Crippen LogP contribution in [0.1, 0.15) is 19.8 Å². The highest BCUT2D eigenvalue weighted by Gasteiger charge is 2.27. The first-order valence-corrected chi connectivity index (χ1v) is 6.17. The van der Waals surface area contributed by atoms with Gasteiger partial charge in [0.1, 0.15) is 11.7 Å². The Labute approximate surface area is 112 Å². The van der Waals surface area contributed by atoms with Gasteiger partial charge in [0, 0.05) is 13.1 Å². The number of nitrogens with one attached hydrogen (secondary N) is 1. The molecule has 1 aliphatic rings. The Hall–Kier alpha value is -1.86. The number of hydrogen-bond donors (Lipinski definition) is 1. The lowest BCUT2D eigenvalue weighted by Gasteiger charge is -2.22. The van der Waals surface area contributed by atoms with Crippen LogP contribution in [0.2, 0.25) is 0 Å². The number of amides is 1. The topological polar surface area (TPSA) is 45.2 Å². The van der Waals surface area contributed by atoms with Gasteiger partial charge in [0.05, 0.1) is 0 Å². The minimum absolute atomic E-state index is 0.376. The minimum Gasteiger partial charge on any atom is -0.369 e. The van der Waals surface area contributed by atoms with Crippen LogP contribution in [-0.4, -0.2) is 34.9 Å². The summed E-state index contributed by atoms with van der Waals surface area (Å²) < 4.78 is 52.7. The van der Waals surface area contributed by atoms with E-state index in [1.807, 2.05) is 0 Å². The average Bonchev–Trinajstić information content (AvgIpc) is 2.94. The first-order chi connectivity index (χ1) is 9.41. The van der Waals surface area contributed by atoms with Crippen LogP contribution < -0.4 is 5.32 Å². The van der Waals surface area contributed by atoms with Crippen LogP contribution in [0.5, 0.6) is 0 Å². The molecule has 2 rings (SSSR count). The predicted octanol–water partition coefficient (Wildman–Crippen LogP) is 2.06. The van der Waals surface area contributed by atoms with Gasteiger partial charge in [-0.15, -0.1) is 0 Å². The van der Waals surface area contributed by atoms with Gasteiger partial charge in [-0.2, -0.15) is 22.5 Å². The maximum atomic E-state index is 13.4. The smallest absolute Gasteiger partial charge is 0.253 e. The molecular formula is C12H13F4N3O. The summed E-state index contributed by atoms with van der Waals surface area (Å²) in [6.45, 7) is 2.50. The molecule has 1 aliphatic heterocycles. The van der Waals surface area contributed by atoms with Crippen molar-refractivity contribution >= 4 is 11.6 Å². The fourth-order valence-electron chi connectivity index (χ4n) is 2.10. The predicted molar refractivity (Wildman–Crippen MR) is 63.0 cm³/mol. The van der Waals surface area contributed by atoms with E-state index in [-0.39, 0.29) is 5.91 Å². The van der Waals surface area contributed by atoms with E-state index in [4.69, 9.17) is 0 Å². The van der Waals surface area contributed by atoms with E-state index in [9.17, 15) is 22.4 Å². The molecule has 4 nitrogen and oxygen atoms in total. The highest BCUT2D eigenvalue weighted by Crippen LogP contribution is 2.23. The maximum absolute atomic E-state index is 13.4. The standard InChI is InChI=1S/C12H13F4N3O/c1-6(12(20)19-4-2-3-5-19)17-9-7(13)10(15)18-11(16)8(9)14/h6H,2-5H2,1H3,(H,17,18). The van der Waals surface area contributed by atoms with Crippen molar-refractivity contribution in [3.8, 4) is 0 Å². The first-order valence-electron chi connectivity index (χ1n) is 6.17. The molecule has 1 atom stereocenters. The second-order valence-corrected chi connectivity index (χ2v) is 4.59. The Kier molecular flexibility index (Phi) is 4.10. The summed E-state index contributed by atoms with van der Waals surface area (Å²) in [5.41, 5.74) is -1.02. The molecule has 1 fully saturated rings. The van der Waals surface area contributed by atoms with Crippen LogP contribution in [0, 0.1) is 23.5 Å².